The van der Waals surface area contributed by atoms with Gasteiger partial charge in [0.05, 0.1) is 23.3 Å². The predicted octanol–water partition coefficient (Wildman–Crippen LogP) is 5.44. The van der Waals surface area contributed by atoms with Gasteiger partial charge in [0, 0.05) is 11.8 Å². The van der Waals surface area contributed by atoms with E-state index in [1.165, 1.54) is 10.8 Å². The summed E-state index contributed by atoms with van der Waals surface area (Å²) < 4.78 is 12.2. The molecule has 1 aliphatic heterocycles. The number of benzene rings is 2. The molecule has 0 radical (unpaired) electrons. The zero-order valence-corrected chi connectivity index (χ0v) is 15.9. The van der Waals surface area contributed by atoms with Crippen LogP contribution in [0.15, 0.2) is 46.5 Å². The Hall–Kier alpha value is -0.480. The number of alkyl halides is 2. The van der Waals surface area contributed by atoms with E-state index in [9.17, 15) is 0 Å². The quantitative estimate of drug-likeness (QED) is 0.535. The van der Waals surface area contributed by atoms with Gasteiger partial charge in [-0.05, 0) is 21.9 Å². The lowest BCUT2D eigenvalue weighted by Crippen LogP contribution is -2.55. The highest BCUT2D eigenvalue weighted by Gasteiger charge is 2.87. The Balaban J connectivity index is 1.76. The third-order valence-electron chi connectivity index (χ3n) is 6.31. The zero-order chi connectivity index (χ0) is 17.2. The van der Waals surface area contributed by atoms with Crippen molar-refractivity contribution in [2.75, 3.05) is 13.2 Å². The second kappa shape index (κ2) is 4.49. The van der Waals surface area contributed by atoms with Crippen LogP contribution in [0, 0.1) is 0 Å². The summed E-state index contributed by atoms with van der Waals surface area (Å²) in [5, 5.41) is 3.05. The summed E-state index contributed by atoms with van der Waals surface area (Å²) in [5.41, 5.74) is 2.27. The summed E-state index contributed by atoms with van der Waals surface area (Å²) in [5.74, 6) is -1.55. The van der Waals surface area contributed by atoms with Gasteiger partial charge < -0.3 is 9.47 Å². The summed E-state index contributed by atoms with van der Waals surface area (Å²) in [6.45, 7) is 0.838. The molecule has 4 atom stereocenters. The maximum Gasteiger partial charge on any atom is 0.219 e. The van der Waals surface area contributed by atoms with Crippen LogP contribution < -0.4 is 0 Å². The molecule has 128 valence electrons. The summed E-state index contributed by atoms with van der Waals surface area (Å²) in [4.78, 5) is -2.27. The fourth-order valence-electron chi connectivity index (χ4n) is 5.55. The molecule has 2 nitrogen and oxygen atoms in total. The molecule has 1 saturated heterocycles. The predicted molar refractivity (Wildman–Crippen MR) is 100.0 cm³/mol. The summed E-state index contributed by atoms with van der Waals surface area (Å²) in [6, 6.07) is 12.5. The van der Waals surface area contributed by atoms with Crippen molar-refractivity contribution in [3.8, 4) is 0 Å². The molecule has 6 heteroatoms. The van der Waals surface area contributed by atoms with Crippen LogP contribution in [0.25, 0.3) is 10.8 Å². The Kier molecular flexibility index (Phi) is 2.80. The van der Waals surface area contributed by atoms with Gasteiger partial charge in [0.1, 0.15) is 9.75 Å². The molecule has 1 saturated carbocycles. The van der Waals surface area contributed by atoms with Gasteiger partial charge in [0.25, 0.3) is 0 Å². The van der Waals surface area contributed by atoms with Crippen molar-refractivity contribution in [2.45, 2.75) is 27.4 Å². The molecule has 2 fully saturated rings. The molecule has 4 aliphatic rings. The molecule has 0 amide bonds. The minimum Gasteiger partial charge on any atom is -0.344 e. The highest BCUT2D eigenvalue weighted by Crippen LogP contribution is 2.81. The standard InChI is InChI=1S/C19H12Cl4O2/c20-15-16(21)18(23)14-11-6-2-4-9-3-1-5-10(12(9)11)13(14)17(15,22)19(18)24-7-8-25-19/h1-6,13-14H,7-8H2. The minimum atomic E-state index is -1.25. The molecular formula is C19H12Cl4O2. The van der Waals surface area contributed by atoms with Crippen LogP contribution in [-0.4, -0.2) is 28.7 Å². The molecule has 2 aromatic carbocycles. The lowest BCUT2D eigenvalue weighted by Gasteiger charge is -2.39. The Morgan fingerprint density at radius 1 is 0.800 bits per heavy atom. The van der Waals surface area contributed by atoms with Crippen molar-refractivity contribution in [1.82, 2.24) is 0 Å². The van der Waals surface area contributed by atoms with Crippen molar-refractivity contribution >= 4 is 57.2 Å². The van der Waals surface area contributed by atoms with Crippen molar-refractivity contribution in [3.05, 3.63) is 57.6 Å². The number of fused-ring (bicyclic) bond motifs is 5. The molecular weight excluding hydrogens is 402 g/mol. The number of ether oxygens (including phenoxy) is 2. The Labute approximate surface area is 164 Å². The first-order chi connectivity index (χ1) is 12.0. The molecule has 2 bridgehead atoms. The molecule has 4 unspecified atom stereocenters. The largest absolute Gasteiger partial charge is 0.344 e. The van der Waals surface area contributed by atoms with Crippen LogP contribution in [-0.2, 0) is 9.47 Å². The Bertz CT molecular complexity index is 927. The van der Waals surface area contributed by atoms with Crippen LogP contribution >= 0.6 is 46.4 Å². The lowest BCUT2D eigenvalue weighted by molar-refractivity contribution is -0.170. The maximum atomic E-state index is 7.26. The third-order valence-corrected chi connectivity index (χ3v) is 8.92. The third kappa shape index (κ3) is 1.33. The highest BCUT2D eigenvalue weighted by atomic mass is 35.5. The molecule has 6 rings (SSSR count). The fourth-order valence-corrected chi connectivity index (χ4v) is 7.67. The lowest BCUT2D eigenvalue weighted by atomic mass is 9.80. The first kappa shape index (κ1) is 15.6. The average molecular weight is 414 g/mol. The van der Waals surface area contributed by atoms with E-state index in [4.69, 9.17) is 55.9 Å². The molecule has 1 heterocycles. The van der Waals surface area contributed by atoms with E-state index in [-0.39, 0.29) is 11.8 Å². The summed E-state index contributed by atoms with van der Waals surface area (Å²) >= 11 is 27.9. The summed E-state index contributed by atoms with van der Waals surface area (Å²) in [7, 11) is 0. The van der Waals surface area contributed by atoms with Gasteiger partial charge >= 0.3 is 0 Å². The molecule has 3 aliphatic carbocycles. The first-order valence-electron chi connectivity index (χ1n) is 8.22. The Morgan fingerprint density at radius 2 is 1.28 bits per heavy atom. The van der Waals surface area contributed by atoms with Crippen LogP contribution in [0.5, 0.6) is 0 Å². The van der Waals surface area contributed by atoms with Gasteiger partial charge in [-0.25, -0.2) is 0 Å². The summed E-state index contributed by atoms with van der Waals surface area (Å²) in [6.07, 6.45) is 0. The van der Waals surface area contributed by atoms with Crippen molar-refractivity contribution in [2.24, 2.45) is 0 Å². The number of hydrogen-bond acceptors (Lipinski definition) is 2. The average Bonchev–Trinajstić information content (AvgIpc) is 3.31. The first-order valence-corrected chi connectivity index (χ1v) is 9.73. The van der Waals surface area contributed by atoms with Gasteiger partial charge in [0.15, 0.2) is 0 Å². The van der Waals surface area contributed by atoms with E-state index in [1.54, 1.807) is 0 Å². The van der Waals surface area contributed by atoms with E-state index in [0.717, 1.165) is 11.1 Å². The highest BCUT2D eigenvalue weighted by molar-refractivity contribution is 6.52. The fraction of sp³-hybridized carbons (Fsp3) is 0.368. The van der Waals surface area contributed by atoms with Crippen molar-refractivity contribution in [3.63, 3.8) is 0 Å². The number of hydrogen-bond donors (Lipinski definition) is 0. The zero-order valence-electron chi connectivity index (χ0n) is 12.9. The maximum absolute atomic E-state index is 7.26. The normalized spacial score (nSPS) is 39.8. The topological polar surface area (TPSA) is 18.5 Å². The van der Waals surface area contributed by atoms with Gasteiger partial charge in [-0.1, -0.05) is 59.6 Å². The van der Waals surface area contributed by atoms with E-state index >= 15 is 0 Å². The van der Waals surface area contributed by atoms with Crippen LogP contribution in [0.2, 0.25) is 0 Å². The smallest absolute Gasteiger partial charge is 0.219 e. The van der Waals surface area contributed by atoms with Gasteiger partial charge in [-0.2, -0.15) is 0 Å². The van der Waals surface area contributed by atoms with E-state index in [2.05, 4.69) is 24.3 Å². The molecule has 0 N–H and O–H groups in total. The second-order valence-electron chi connectivity index (χ2n) is 7.11. The van der Waals surface area contributed by atoms with Gasteiger partial charge in [-0.15, -0.1) is 23.2 Å². The van der Waals surface area contributed by atoms with Gasteiger partial charge in [0.2, 0.25) is 5.79 Å². The van der Waals surface area contributed by atoms with Crippen LogP contribution in [0.3, 0.4) is 0 Å². The van der Waals surface area contributed by atoms with Crippen LogP contribution in [0.4, 0.5) is 0 Å². The molecule has 0 aromatic heterocycles. The minimum absolute atomic E-state index is 0.152. The Morgan fingerprint density at radius 3 is 1.76 bits per heavy atom. The van der Waals surface area contributed by atoms with Crippen molar-refractivity contribution in [1.29, 1.82) is 0 Å². The number of halogens is 4. The SMILES string of the molecule is ClC1=C(Cl)C2(Cl)C3c4cccc5cccc(c45)C3C1(Cl)C21OCCO1. The van der Waals surface area contributed by atoms with E-state index in [1.807, 2.05) is 12.1 Å². The van der Waals surface area contributed by atoms with Crippen molar-refractivity contribution < 1.29 is 9.47 Å². The monoisotopic (exact) mass is 412 g/mol. The number of rotatable bonds is 0. The molecule has 25 heavy (non-hydrogen) atoms. The second-order valence-corrected chi connectivity index (χ2v) is 9.06. The van der Waals surface area contributed by atoms with E-state index in [0.29, 0.717) is 23.3 Å². The van der Waals surface area contributed by atoms with Crippen LogP contribution in [0.1, 0.15) is 23.0 Å². The van der Waals surface area contributed by atoms with E-state index < -0.39 is 15.5 Å². The molecule has 1 spiro atoms. The van der Waals surface area contributed by atoms with Gasteiger partial charge in [-0.3, -0.25) is 0 Å². The molecule has 2 aromatic rings.